The summed E-state index contributed by atoms with van der Waals surface area (Å²) in [7, 11) is 0. The van der Waals surface area contributed by atoms with Crippen molar-refractivity contribution < 1.29 is 9.59 Å². The zero-order chi connectivity index (χ0) is 21.7. The van der Waals surface area contributed by atoms with Crippen LogP contribution in [0.25, 0.3) is 10.8 Å². The van der Waals surface area contributed by atoms with E-state index in [-0.39, 0.29) is 23.3 Å². The van der Waals surface area contributed by atoms with Gasteiger partial charge in [-0.05, 0) is 47.1 Å². The molecular weight excluding hydrogens is 384 g/mol. The summed E-state index contributed by atoms with van der Waals surface area (Å²) in [6.07, 6.45) is 3.11. The molecule has 0 bridgehead atoms. The highest BCUT2D eigenvalue weighted by Crippen LogP contribution is 2.30. The van der Waals surface area contributed by atoms with Crippen LogP contribution in [0.2, 0.25) is 0 Å². The Kier molecular flexibility index (Phi) is 6.36. The number of fused-ring (bicyclic) bond motifs is 1. The van der Waals surface area contributed by atoms with Crippen molar-refractivity contribution in [2.24, 2.45) is 0 Å². The number of rotatable bonds is 8. The molecule has 0 aliphatic carbocycles. The van der Waals surface area contributed by atoms with Gasteiger partial charge in [-0.25, -0.2) is 0 Å². The molecule has 4 heteroatoms. The molecule has 2 atom stereocenters. The highest BCUT2D eigenvalue weighted by molar-refractivity contribution is 5.83. The standard InChI is InChI=1S/C27H30N2O2/c1-20(22-7-3-2-4-8-22)19-28-25(30)13-15-27(16-14-26(31)29-27)18-21-11-12-23-9-5-6-10-24(23)17-21/h2-12,17,20H,13-16,18-19H2,1H3,(H,28,30)(H,29,31)/t20-,27-/m0/s1. The van der Waals surface area contributed by atoms with Crippen LogP contribution in [-0.4, -0.2) is 23.9 Å². The van der Waals surface area contributed by atoms with Gasteiger partial charge in [-0.3, -0.25) is 9.59 Å². The molecule has 0 saturated carbocycles. The van der Waals surface area contributed by atoms with Gasteiger partial charge in [0, 0.05) is 24.9 Å². The van der Waals surface area contributed by atoms with Crippen LogP contribution in [-0.2, 0) is 16.0 Å². The number of benzene rings is 3. The zero-order valence-electron chi connectivity index (χ0n) is 18.1. The molecule has 2 amide bonds. The molecule has 0 unspecified atom stereocenters. The van der Waals surface area contributed by atoms with Crippen molar-refractivity contribution in [3.63, 3.8) is 0 Å². The smallest absolute Gasteiger partial charge is 0.220 e. The van der Waals surface area contributed by atoms with E-state index in [4.69, 9.17) is 0 Å². The van der Waals surface area contributed by atoms with Gasteiger partial charge in [0.25, 0.3) is 0 Å². The monoisotopic (exact) mass is 414 g/mol. The number of hydrogen-bond donors (Lipinski definition) is 2. The fraction of sp³-hybridized carbons (Fsp3) is 0.333. The minimum absolute atomic E-state index is 0.0433. The molecule has 31 heavy (non-hydrogen) atoms. The molecule has 160 valence electrons. The second-order valence-corrected chi connectivity index (χ2v) is 8.80. The number of amides is 2. The van der Waals surface area contributed by atoms with Gasteiger partial charge in [0.2, 0.25) is 11.8 Å². The zero-order valence-corrected chi connectivity index (χ0v) is 18.1. The molecule has 1 saturated heterocycles. The van der Waals surface area contributed by atoms with E-state index in [1.165, 1.54) is 21.9 Å². The summed E-state index contributed by atoms with van der Waals surface area (Å²) in [5, 5.41) is 8.67. The Morgan fingerprint density at radius 3 is 2.52 bits per heavy atom. The minimum atomic E-state index is -0.345. The second kappa shape index (κ2) is 9.34. The molecule has 0 radical (unpaired) electrons. The van der Waals surface area contributed by atoms with Gasteiger partial charge in [-0.2, -0.15) is 0 Å². The summed E-state index contributed by atoms with van der Waals surface area (Å²) in [6.45, 7) is 2.74. The van der Waals surface area contributed by atoms with Crippen molar-refractivity contribution in [3.05, 3.63) is 83.9 Å². The molecule has 2 N–H and O–H groups in total. The van der Waals surface area contributed by atoms with Crippen molar-refractivity contribution in [2.45, 2.75) is 50.5 Å². The topological polar surface area (TPSA) is 58.2 Å². The predicted molar refractivity (Wildman–Crippen MR) is 125 cm³/mol. The summed E-state index contributed by atoms with van der Waals surface area (Å²) >= 11 is 0. The Balaban J connectivity index is 1.37. The van der Waals surface area contributed by atoms with Gasteiger partial charge in [-0.15, -0.1) is 0 Å². The van der Waals surface area contributed by atoms with E-state index in [9.17, 15) is 9.59 Å². The molecule has 4 nitrogen and oxygen atoms in total. The van der Waals surface area contributed by atoms with Gasteiger partial charge < -0.3 is 10.6 Å². The summed E-state index contributed by atoms with van der Waals surface area (Å²) in [4.78, 5) is 24.6. The molecule has 0 aromatic heterocycles. The molecule has 1 heterocycles. The van der Waals surface area contributed by atoms with Crippen LogP contribution in [0.5, 0.6) is 0 Å². The Hall–Kier alpha value is -3.14. The van der Waals surface area contributed by atoms with Crippen molar-refractivity contribution in [1.82, 2.24) is 10.6 Å². The van der Waals surface area contributed by atoms with Crippen LogP contribution in [0.1, 0.15) is 49.7 Å². The molecule has 1 aliphatic heterocycles. The SMILES string of the molecule is C[C@@H](CNC(=O)CC[C@@]1(Cc2ccc3ccccc3c2)CCC(=O)N1)c1ccccc1. The summed E-state index contributed by atoms with van der Waals surface area (Å²) < 4.78 is 0. The number of carbonyl (C=O) groups excluding carboxylic acids is 2. The predicted octanol–water partition coefficient (Wildman–Crippen LogP) is 4.73. The number of nitrogens with one attached hydrogen (secondary N) is 2. The Bertz CT molecular complexity index is 1060. The van der Waals surface area contributed by atoms with E-state index in [0.717, 1.165) is 12.8 Å². The third-order valence-electron chi connectivity index (χ3n) is 6.40. The Morgan fingerprint density at radius 1 is 1.03 bits per heavy atom. The van der Waals surface area contributed by atoms with Crippen LogP contribution in [0.3, 0.4) is 0 Å². The highest BCUT2D eigenvalue weighted by atomic mass is 16.2. The van der Waals surface area contributed by atoms with Gasteiger partial charge in [0.15, 0.2) is 0 Å². The lowest BCUT2D eigenvalue weighted by molar-refractivity contribution is -0.122. The lowest BCUT2D eigenvalue weighted by Gasteiger charge is -2.29. The van der Waals surface area contributed by atoms with Gasteiger partial charge in [0.05, 0.1) is 0 Å². The third-order valence-corrected chi connectivity index (χ3v) is 6.40. The molecule has 1 fully saturated rings. The van der Waals surface area contributed by atoms with Crippen LogP contribution >= 0.6 is 0 Å². The Labute approximate surface area is 184 Å². The summed E-state index contributed by atoms with van der Waals surface area (Å²) in [5.74, 6) is 0.392. The fourth-order valence-corrected chi connectivity index (χ4v) is 4.53. The quantitative estimate of drug-likeness (QED) is 0.560. The van der Waals surface area contributed by atoms with E-state index >= 15 is 0 Å². The molecule has 0 spiro atoms. The van der Waals surface area contributed by atoms with Gasteiger partial charge in [-0.1, -0.05) is 79.7 Å². The molecular formula is C27H30N2O2. The van der Waals surface area contributed by atoms with Crippen molar-refractivity contribution >= 4 is 22.6 Å². The van der Waals surface area contributed by atoms with Crippen molar-refractivity contribution in [2.75, 3.05) is 6.54 Å². The van der Waals surface area contributed by atoms with Crippen LogP contribution in [0, 0.1) is 0 Å². The van der Waals surface area contributed by atoms with Gasteiger partial charge in [0.1, 0.15) is 0 Å². The summed E-state index contributed by atoms with van der Waals surface area (Å²) in [5.41, 5.74) is 2.07. The first-order valence-electron chi connectivity index (χ1n) is 11.1. The van der Waals surface area contributed by atoms with Crippen molar-refractivity contribution in [3.8, 4) is 0 Å². The van der Waals surface area contributed by atoms with Crippen molar-refractivity contribution in [1.29, 1.82) is 0 Å². The average Bonchev–Trinajstić information content (AvgIpc) is 3.17. The normalized spacial score (nSPS) is 19.2. The lowest BCUT2D eigenvalue weighted by atomic mass is 9.84. The number of hydrogen-bond acceptors (Lipinski definition) is 2. The van der Waals surface area contributed by atoms with E-state index < -0.39 is 0 Å². The van der Waals surface area contributed by atoms with Gasteiger partial charge >= 0.3 is 0 Å². The first-order chi connectivity index (χ1) is 15.0. The minimum Gasteiger partial charge on any atom is -0.356 e. The molecule has 3 aromatic rings. The second-order valence-electron chi connectivity index (χ2n) is 8.80. The van der Waals surface area contributed by atoms with E-state index in [0.29, 0.717) is 25.8 Å². The first-order valence-corrected chi connectivity index (χ1v) is 11.1. The lowest BCUT2D eigenvalue weighted by Crippen LogP contribution is -2.44. The van der Waals surface area contributed by atoms with Crippen LogP contribution in [0.4, 0.5) is 0 Å². The number of carbonyl (C=O) groups is 2. The van der Waals surface area contributed by atoms with Crippen LogP contribution < -0.4 is 10.6 Å². The maximum Gasteiger partial charge on any atom is 0.220 e. The largest absolute Gasteiger partial charge is 0.356 e. The molecule has 3 aromatic carbocycles. The highest BCUT2D eigenvalue weighted by Gasteiger charge is 2.37. The molecule has 1 aliphatic rings. The average molecular weight is 415 g/mol. The van der Waals surface area contributed by atoms with Crippen LogP contribution in [0.15, 0.2) is 72.8 Å². The molecule has 4 rings (SSSR count). The van der Waals surface area contributed by atoms with E-state index in [1.54, 1.807) is 0 Å². The summed E-state index contributed by atoms with van der Waals surface area (Å²) in [6, 6.07) is 25.0. The Morgan fingerprint density at radius 2 is 1.77 bits per heavy atom. The fourth-order valence-electron chi connectivity index (χ4n) is 4.53. The third kappa shape index (κ3) is 5.32. The van der Waals surface area contributed by atoms with E-state index in [2.05, 4.69) is 60.0 Å². The maximum atomic E-state index is 12.6. The maximum absolute atomic E-state index is 12.6. The first kappa shape index (κ1) is 21.1. The van der Waals surface area contributed by atoms with E-state index in [1.807, 2.05) is 30.3 Å².